The Morgan fingerprint density at radius 2 is 2.00 bits per heavy atom. The van der Waals surface area contributed by atoms with Crippen LogP contribution in [0.4, 0.5) is 5.69 Å². The highest BCUT2D eigenvalue weighted by Crippen LogP contribution is 2.32. The monoisotopic (exact) mass is 281 g/mol. The van der Waals surface area contributed by atoms with Crippen molar-refractivity contribution in [2.45, 2.75) is 13.8 Å². The van der Waals surface area contributed by atoms with Crippen molar-refractivity contribution in [1.82, 2.24) is 0 Å². The van der Waals surface area contributed by atoms with Gasteiger partial charge in [0.1, 0.15) is 0 Å². The molecule has 0 saturated carbocycles. The van der Waals surface area contributed by atoms with E-state index >= 15 is 0 Å². The molecule has 0 atom stereocenters. The normalized spacial score (nSPS) is 14.9. The number of carbonyl (C=O) groups excluding carboxylic acids is 2. The van der Waals surface area contributed by atoms with E-state index in [1.54, 1.807) is 17.0 Å². The highest BCUT2D eigenvalue weighted by atomic mass is 79.9. The minimum Gasteiger partial charge on any atom is -0.304 e. The lowest BCUT2D eigenvalue weighted by Crippen LogP contribution is -2.32. The molecule has 1 aromatic rings. The van der Waals surface area contributed by atoms with Crippen LogP contribution in [0.2, 0.25) is 0 Å². The number of halogens is 1. The molecule has 1 aliphatic heterocycles. The van der Waals surface area contributed by atoms with Gasteiger partial charge in [-0.05, 0) is 24.1 Å². The first kappa shape index (κ1) is 11.3. The summed E-state index contributed by atoms with van der Waals surface area (Å²) in [5, 5.41) is 0. The van der Waals surface area contributed by atoms with Gasteiger partial charge in [0, 0.05) is 11.0 Å². The number of amides is 1. The van der Waals surface area contributed by atoms with Gasteiger partial charge in [0.2, 0.25) is 0 Å². The van der Waals surface area contributed by atoms with Gasteiger partial charge in [-0.2, -0.15) is 0 Å². The second kappa shape index (κ2) is 4.01. The lowest BCUT2D eigenvalue weighted by molar-refractivity contribution is -0.114. The van der Waals surface area contributed by atoms with E-state index in [2.05, 4.69) is 15.9 Å². The molecule has 0 bridgehead atoms. The smallest absolute Gasteiger partial charge is 0.299 e. The number of hydrogen-bond donors (Lipinski definition) is 0. The largest absolute Gasteiger partial charge is 0.304 e. The zero-order chi connectivity index (χ0) is 11.9. The molecule has 0 saturated heterocycles. The van der Waals surface area contributed by atoms with Crippen LogP contribution in [0.15, 0.2) is 22.7 Å². The number of benzene rings is 1. The Balaban J connectivity index is 2.47. The maximum absolute atomic E-state index is 11.8. The van der Waals surface area contributed by atoms with Crippen molar-refractivity contribution in [2.24, 2.45) is 5.92 Å². The Bertz CT molecular complexity index is 468. The molecule has 84 valence electrons. The van der Waals surface area contributed by atoms with Crippen molar-refractivity contribution in [2.75, 3.05) is 11.4 Å². The van der Waals surface area contributed by atoms with Crippen LogP contribution in [-0.2, 0) is 4.79 Å². The summed E-state index contributed by atoms with van der Waals surface area (Å²) in [6.45, 7) is 4.62. The van der Waals surface area contributed by atoms with Crippen molar-refractivity contribution in [3.63, 3.8) is 0 Å². The molecule has 0 aromatic heterocycles. The molecule has 0 radical (unpaired) electrons. The average molecular weight is 282 g/mol. The minimum absolute atomic E-state index is 0.335. The van der Waals surface area contributed by atoms with Crippen molar-refractivity contribution >= 4 is 33.3 Å². The fourth-order valence-electron chi connectivity index (χ4n) is 1.81. The summed E-state index contributed by atoms with van der Waals surface area (Å²) in [5.74, 6) is -0.480. The van der Waals surface area contributed by atoms with Crippen LogP contribution in [-0.4, -0.2) is 18.2 Å². The number of ketones is 1. The number of nitrogens with zero attached hydrogens (tertiary/aromatic N) is 1. The van der Waals surface area contributed by atoms with Gasteiger partial charge in [0.05, 0.1) is 11.3 Å². The highest BCUT2D eigenvalue weighted by Gasteiger charge is 2.35. The quantitative estimate of drug-likeness (QED) is 0.782. The fraction of sp³-hybridized carbons (Fsp3) is 0.333. The molecule has 1 aliphatic rings. The van der Waals surface area contributed by atoms with E-state index in [1.165, 1.54) is 0 Å². The van der Waals surface area contributed by atoms with E-state index in [0.717, 1.165) is 10.2 Å². The van der Waals surface area contributed by atoms with E-state index in [0.29, 0.717) is 18.0 Å². The third-order valence-electron chi connectivity index (χ3n) is 2.48. The highest BCUT2D eigenvalue weighted by molar-refractivity contribution is 9.10. The summed E-state index contributed by atoms with van der Waals surface area (Å²) in [6, 6.07) is 5.30. The molecule has 0 fully saturated rings. The fourth-order valence-corrected chi connectivity index (χ4v) is 2.16. The van der Waals surface area contributed by atoms with Crippen molar-refractivity contribution in [3.8, 4) is 0 Å². The first-order valence-electron chi connectivity index (χ1n) is 5.16. The van der Waals surface area contributed by atoms with Crippen molar-refractivity contribution in [1.29, 1.82) is 0 Å². The van der Waals surface area contributed by atoms with Crippen molar-refractivity contribution in [3.05, 3.63) is 28.2 Å². The van der Waals surface area contributed by atoms with E-state index in [-0.39, 0.29) is 0 Å². The predicted molar refractivity (Wildman–Crippen MR) is 65.7 cm³/mol. The third-order valence-corrected chi connectivity index (χ3v) is 2.98. The Kier molecular flexibility index (Phi) is 2.84. The maximum Gasteiger partial charge on any atom is 0.299 e. The molecule has 3 nitrogen and oxygen atoms in total. The summed E-state index contributed by atoms with van der Waals surface area (Å²) >= 11 is 3.35. The van der Waals surface area contributed by atoms with Gasteiger partial charge in [0.15, 0.2) is 0 Å². The predicted octanol–water partition coefficient (Wildman–Crippen LogP) is 2.63. The van der Waals surface area contributed by atoms with Crippen LogP contribution in [0, 0.1) is 5.92 Å². The number of anilines is 1. The summed E-state index contributed by atoms with van der Waals surface area (Å²) in [6.07, 6.45) is 0. The Labute approximate surface area is 103 Å². The zero-order valence-corrected chi connectivity index (χ0v) is 10.7. The Morgan fingerprint density at radius 1 is 1.31 bits per heavy atom. The van der Waals surface area contributed by atoms with Gasteiger partial charge in [-0.1, -0.05) is 29.8 Å². The Hall–Kier alpha value is -1.16. The van der Waals surface area contributed by atoms with Gasteiger partial charge >= 0.3 is 0 Å². The molecule has 16 heavy (non-hydrogen) atoms. The Morgan fingerprint density at radius 3 is 2.62 bits per heavy atom. The zero-order valence-electron chi connectivity index (χ0n) is 9.16. The minimum atomic E-state index is -0.415. The molecule has 0 N–H and O–H groups in total. The molecule has 0 aliphatic carbocycles. The number of fused-ring (bicyclic) bond motifs is 1. The summed E-state index contributed by atoms with van der Waals surface area (Å²) in [4.78, 5) is 25.0. The summed E-state index contributed by atoms with van der Waals surface area (Å²) < 4.78 is 0.877. The molecular formula is C12H12BrNO2. The first-order chi connectivity index (χ1) is 7.50. The van der Waals surface area contributed by atoms with Gasteiger partial charge in [-0.3, -0.25) is 9.59 Å². The van der Waals surface area contributed by atoms with E-state index < -0.39 is 11.7 Å². The average Bonchev–Trinajstić information content (AvgIpc) is 2.43. The van der Waals surface area contributed by atoms with Crippen LogP contribution in [0.3, 0.4) is 0 Å². The molecule has 0 unspecified atom stereocenters. The van der Waals surface area contributed by atoms with Crippen molar-refractivity contribution < 1.29 is 9.59 Å². The summed E-state index contributed by atoms with van der Waals surface area (Å²) in [7, 11) is 0. The molecule has 1 heterocycles. The second-order valence-electron chi connectivity index (χ2n) is 4.30. The SMILES string of the molecule is CC(C)CN1C(=O)C(=O)c2ccc(Br)cc21. The third kappa shape index (κ3) is 1.78. The van der Waals surface area contributed by atoms with E-state index in [1.807, 2.05) is 19.9 Å². The molecule has 0 spiro atoms. The summed E-state index contributed by atoms with van der Waals surface area (Å²) in [5.41, 5.74) is 1.23. The van der Waals surface area contributed by atoms with E-state index in [4.69, 9.17) is 0 Å². The standard InChI is InChI=1S/C12H12BrNO2/c1-7(2)6-14-10-5-8(13)3-4-9(10)11(15)12(14)16/h3-5,7H,6H2,1-2H3. The second-order valence-corrected chi connectivity index (χ2v) is 5.22. The van der Waals surface area contributed by atoms with Gasteiger partial charge in [-0.15, -0.1) is 0 Å². The van der Waals surface area contributed by atoms with Gasteiger partial charge in [0.25, 0.3) is 11.7 Å². The molecule has 1 aromatic carbocycles. The van der Waals surface area contributed by atoms with E-state index in [9.17, 15) is 9.59 Å². The molecule has 4 heteroatoms. The van der Waals surface area contributed by atoms with Crippen LogP contribution >= 0.6 is 15.9 Å². The van der Waals surface area contributed by atoms with Gasteiger partial charge < -0.3 is 4.90 Å². The number of rotatable bonds is 2. The lowest BCUT2D eigenvalue weighted by atomic mass is 10.1. The molecular weight excluding hydrogens is 270 g/mol. The topological polar surface area (TPSA) is 37.4 Å². The molecule has 1 amide bonds. The molecule has 2 rings (SSSR count). The van der Waals surface area contributed by atoms with Crippen LogP contribution in [0.5, 0.6) is 0 Å². The maximum atomic E-state index is 11.8. The first-order valence-corrected chi connectivity index (χ1v) is 5.95. The van der Waals surface area contributed by atoms with Crippen LogP contribution < -0.4 is 4.90 Å². The van der Waals surface area contributed by atoms with Crippen LogP contribution in [0.25, 0.3) is 0 Å². The number of Topliss-reactive ketones (excluding diaryl/α,β-unsaturated/α-hetero) is 1. The number of hydrogen-bond acceptors (Lipinski definition) is 2. The van der Waals surface area contributed by atoms with Gasteiger partial charge in [-0.25, -0.2) is 0 Å². The lowest BCUT2D eigenvalue weighted by Gasteiger charge is -2.18. The van der Waals surface area contributed by atoms with Crippen LogP contribution in [0.1, 0.15) is 24.2 Å². The number of carbonyl (C=O) groups is 2.